The van der Waals surface area contributed by atoms with Crippen molar-refractivity contribution in [3.05, 3.63) is 117 Å². The van der Waals surface area contributed by atoms with Crippen LogP contribution in [0.15, 0.2) is 72.8 Å². The molecular weight excluding hydrogens is 1270 g/mol. The van der Waals surface area contributed by atoms with Crippen LogP contribution in [0, 0.1) is 0 Å². The molecule has 7 amide bonds. The van der Waals surface area contributed by atoms with Crippen molar-refractivity contribution in [1.29, 1.82) is 0 Å². The van der Waals surface area contributed by atoms with Crippen molar-refractivity contribution in [3.63, 3.8) is 0 Å². The molecule has 0 aromatic heterocycles. The third-order valence-corrected chi connectivity index (χ3v) is 16.4. The molecule has 30 nitrogen and oxygen atoms in total. The van der Waals surface area contributed by atoms with Gasteiger partial charge in [0.2, 0.25) is 0 Å². The van der Waals surface area contributed by atoms with E-state index in [1.165, 1.54) is 72.8 Å². The highest BCUT2D eigenvalue weighted by atomic mass is 16.5. The number of ether oxygens (including phenoxy) is 6. The van der Waals surface area contributed by atoms with Gasteiger partial charge in [-0.2, -0.15) is 0 Å². The van der Waals surface area contributed by atoms with Gasteiger partial charge in [0, 0.05) is 144 Å². The van der Waals surface area contributed by atoms with Crippen molar-refractivity contribution in [2.75, 3.05) is 205 Å². The normalized spacial score (nSPS) is 17.5. The molecule has 538 valence electrons. The Morgan fingerprint density at radius 2 is 0.673 bits per heavy atom. The molecule has 30 heteroatoms. The number of aromatic hydroxyl groups is 4. The van der Waals surface area contributed by atoms with Gasteiger partial charge in [-0.1, -0.05) is 30.7 Å². The smallest absolute Gasteiger partial charge is 0.255 e. The second kappa shape index (κ2) is 43.8. The summed E-state index contributed by atoms with van der Waals surface area (Å²) in [5.74, 6) is -7.28. The quantitative estimate of drug-likeness (QED) is 0.0399. The average molecular weight is 1370 g/mol. The second-order valence-corrected chi connectivity index (χ2v) is 23.2. The van der Waals surface area contributed by atoms with Gasteiger partial charge in [-0.3, -0.25) is 58.0 Å². The number of fused-ring (bicyclic) bond motifs is 8. The number of carbonyl (C=O) groups is 8. The summed E-state index contributed by atoms with van der Waals surface area (Å²) in [7, 11) is 3.16. The van der Waals surface area contributed by atoms with E-state index in [0.29, 0.717) is 91.8 Å². The van der Waals surface area contributed by atoms with Gasteiger partial charge in [-0.05, 0) is 67.9 Å². The monoisotopic (exact) mass is 1370 g/mol. The average Bonchev–Trinajstić information content (AvgIpc) is 0.883. The summed E-state index contributed by atoms with van der Waals surface area (Å²) in [5, 5.41) is 65.9. The molecule has 2 aliphatic heterocycles. The first-order chi connectivity index (χ1) is 47.5. The summed E-state index contributed by atoms with van der Waals surface area (Å²) in [6, 6.07) is 16.4. The Kier molecular flexibility index (Phi) is 35.1. The van der Waals surface area contributed by atoms with Gasteiger partial charge in [-0.15, -0.1) is 0 Å². The van der Waals surface area contributed by atoms with Crippen LogP contribution in [0.1, 0.15) is 109 Å². The number of benzene rings is 4. The number of hydrogen-bond acceptors (Lipinski definition) is 23. The van der Waals surface area contributed by atoms with Gasteiger partial charge in [0.25, 0.3) is 41.4 Å². The van der Waals surface area contributed by atoms with E-state index in [0.717, 1.165) is 0 Å². The van der Waals surface area contributed by atoms with E-state index < -0.39 is 76.2 Å². The van der Waals surface area contributed by atoms with E-state index in [-0.39, 0.29) is 169 Å². The van der Waals surface area contributed by atoms with E-state index in [9.17, 15) is 58.8 Å². The minimum Gasteiger partial charge on any atom is -0.506 e. The Hall–Kier alpha value is -8.40. The Morgan fingerprint density at radius 3 is 1.02 bits per heavy atom. The van der Waals surface area contributed by atoms with E-state index in [1.54, 1.807) is 14.2 Å². The number of rotatable bonds is 25. The van der Waals surface area contributed by atoms with Gasteiger partial charge in [0.15, 0.2) is 5.78 Å². The molecule has 2 heterocycles. The summed E-state index contributed by atoms with van der Waals surface area (Å²) in [4.78, 5) is 119. The van der Waals surface area contributed by atoms with Crippen molar-refractivity contribution in [2.24, 2.45) is 5.73 Å². The number of ketones is 1. The molecule has 1 atom stereocenters. The van der Waals surface area contributed by atoms with Crippen molar-refractivity contribution in [1.82, 2.24) is 56.8 Å². The first-order valence-corrected chi connectivity index (χ1v) is 33.2. The number of hydrogen-bond donors (Lipinski definition) is 12. The highest BCUT2D eigenvalue weighted by Crippen LogP contribution is 2.27. The zero-order valence-corrected chi connectivity index (χ0v) is 56.2. The van der Waals surface area contributed by atoms with Crippen LogP contribution in [0.25, 0.3) is 0 Å². The molecule has 8 bridgehead atoms. The summed E-state index contributed by atoms with van der Waals surface area (Å²) in [5.41, 5.74) is 4.79. The highest BCUT2D eigenvalue weighted by Gasteiger charge is 2.27. The number of amides is 7. The minimum atomic E-state index is -0.690. The number of nitrogens with two attached hydrogens (primary N) is 1. The van der Waals surface area contributed by atoms with Gasteiger partial charge >= 0.3 is 0 Å². The molecule has 13 N–H and O–H groups in total. The lowest BCUT2D eigenvalue weighted by molar-refractivity contribution is 0.0196. The summed E-state index contributed by atoms with van der Waals surface area (Å²) < 4.78 is 32.5. The molecule has 98 heavy (non-hydrogen) atoms. The van der Waals surface area contributed by atoms with Crippen molar-refractivity contribution in [2.45, 2.75) is 31.7 Å². The molecule has 6 rings (SSSR count). The first-order valence-electron chi connectivity index (χ1n) is 33.2. The Bertz CT molecular complexity index is 3130. The number of methoxy groups -OCH3 is 2. The fourth-order valence-electron chi connectivity index (χ4n) is 10.8. The largest absolute Gasteiger partial charge is 0.506 e. The molecule has 2 aliphatic rings. The fourth-order valence-corrected chi connectivity index (χ4v) is 10.8. The number of phenols is 4. The number of nitrogens with one attached hydrogen (secondary N) is 7. The topological polar surface area (TPSA) is 396 Å². The maximum Gasteiger partial charge on any atom is 0.255 e. The molecule has 1 unspecified atom stereocenters. The van der Waals surface area contributed by atoms with Crippen LogP contribution in [0.3, 0.4) is 0 Å². The lowest BCUT2D eigenvalue weighted by atomic mass is 10.0. The number of nitrogens with zero attached hydrogens (tertiary/aromatic N) is 4. The molecule has 0 radical (unpaired) electrons. The molecule has 0 fully saturated rings. The van der Waals surface area contributed by atoms with Gasteiger partial charge in [0.05, 0.1) is 111 Å². The van der Waals surface area contributed by atoms with E-state index in [1.807, 2.05) is 19.6 Å². The van der Waals surface area contributed by atoms with Crippen LogP contribution in [0.2, 0.25) is 0 Å². The van der Waals surface area contributed by atoms with Crippen LogP contribution >= 0.6 is 0 Å². The fraction of sp³-hybridized carbons (Fsp3) is 0.529. The summed E-state index contributed by atoms with van der Waals surface area (Å²) in [6.45, 7) is 6.98. The Labute approximate surface area is 571 Å². The summed E-state index contributed by atoms with van der Waals surface area (Å²) >= 11 is 0. The molecule has 0 aliphatic carbocycles. The zero-order valence-electron chi connectivity index (χ0n) is 56.2. The second-order valence-electron chi connectivity index (χ2n) is 23.2. The number of para-hydroxylation sites is 4. The van der Waals surface area contributed by atoms with Crippen LogP contribution in [0.5, 0.6) is 23.0 Å². The van der Waals surface area contributed by atoms with Crippen molar-refractivity contribution < 1.29 is 87.2 Å². The molecule has 0 spiro atoms. The summed E-state index contributed by atoms with van der Waals surface area (Å²) in [6.07, 6.45) is 1.33. The third-order valence-electron chi connectivity index (χ3n) is 16.4. The van der Waals surface area contributed by atoms with Crippen LogP contribution < -0.4 is 43.0 Å². The van der Waals surface area contributed by atoms with Gasteiger partial charge < -0.3 is 91.8 Å². The number of phenolic OH excluding ortho intramolecular Hbond substituents is 4. The highest BCUT2D eigenvalue weighted by molar-refractivity contribution is 6.07. The maximum atomic E-state index is 14.4. The standard InChI is InChI=1S/C68H98N12O18/c1-93-39-41-97-45-43-95-37-35-78-29-22-72-62(86)50-11-5-10-49(58(50)82)57(81)18-26-80(47-48(9-3-4-19-69)76-68(92)56-17-8-16-55(61(56)85)67(91)75-25-32-78)34-33-77-27-20-70-63(87)51-12-6-14-53(59(51)83)65(89)73-23-30-79(36-38-96-44-46-98-42-40-94-2)31-24-74-66(90)54-15-7-13-52(60(54)84)64(88)71-21-28-77/h5-8,10-17,48,82-85H,3-4,9,18-47,69H2,1-2H3,(H,70,87)(H,71,88)(H,72,86)(H,73,89)(H,74,90)(H,75,91)(H,76,92). The Balaban J connectivity index is 1.25. The molecule has 0 saturated heterocycles. The van der Waals surface area contributed by atoms with E-state index >= 15 is 0 Å². The van der Waals surface area contributed by atoms with Crippen molar-refractivity contribution in [3.8, 4) is 23.0 Å². The lowest BCUT2D eigenvalue weighted by Gasteiger charge is -2.31. The van der Waals surface area contributed by atoms with Crippen LogP contribution in [0.4, 0.5) is 0 Å². The SMILES string of the molecule is COCCOCCOCCN1CCNC(=O)c2cccc(c2O)C(=O)NCCN(CCN2CCC(=O)c3cccc(c3O)C(=O)NCCN(CCOCCOCCOC)CCNC(=O)c3cccc(c3O)C(=O)NC(CCCCN)C2)CCNC(=O)c2cccc(c2O)C(=O)NCC1. The minimum absolute atomic E-state index is 0.0270. The van der Waals surface area contributed by atoms with Crippen molar-refractivity contribution >= 4 is 47.1 Å². The first kappa shape index (κ1) is 78.6. The van der Waals surface area contributed by atoms with E-state index in [2.05, 4.69) is 37.2 Å². The Morgan fingerprint density at radius 1 is 0.378 bits per heavy atom. The van der Waals surface area contributed by atoms with Gasteiger partial charge in [-0.25, -0.2) is 0 Å². The third kappa shape index (κ3) is 26.1. The zero-order chi connectivity index (χ0) is 70.4. The molecule has 4 aromatic carbocycles. The lowest BCUT2D eigenvalue weighted by Crippen LogP contribution is -2.48. The predicted octanol–water partition coefficient (Wildman–Crippen LogP) is 0.383. The van der Waals surface area contributed by atoms with Crippen LogP contribution in [-0.4, -0.2) is 298 Å². The van der Waals surface area contributed by atoms with Gasteiger partial charge in [0.1, 0.15) is 23.0 Å². The molecule has 4 aromatic rings. The molecular formula is C68H98N12O18. The number of unbranched alkanes of at least 4 members (excludes halogenated alkanes) is 1. The number of Topliss-reactive ketones (excluding diaryl/α,β-unsaturated/α-hetero) is 1. The van der Waals surface area contributed by atoms with Crippen LogP contribution in [-0.2, 0) is 28.4 Å². The maximum absolute atomic E-state index is 14.4. The molecule has 0 saturated carbocycles. The number of carbonyl (C=O) groups excluding carboxylic acids is 8. The predicted molar refractivity (Wildman–Crippen MR) is 362 cm³/mol. The van der Waals surface area contributed by atoms with E-state index in [4.69, 9.17) is 34.2 Å².